The molecule has 1 N–H and O–H groups in total. The van der Waals surface area contributed by atoms with E-state index < -0.39 is 0 Å². The van der Waals surface area contributed by atoms with Crippen molar-refractivity contribution >= 4 is 28.2 Å². The van der Waals surface area contributed by atoms with Gasteiger partial charge in [0.25, 0.3) is 0 Å². The van der Waals surface area contributed by atoms with Crippen LogP contribution in [0.5, 0.6) is 0 Å². The van der Waals surface area contributed by atoms with Crippen LogP contribution in [-0.2, 0) is 5.41 Å². The fraction of sp³-hybridized carbons (Fsp3) is 0.471. The van der Waals surface area contributed by atoms with Crippen molar-refractivity contribution in [3.8, 4) is 0 Å². The van der Waals surface area contributed by atoms with Gasteiger partial charge in [-0.1, -0.05) is 39.3 Å². The molecule has 0 radical (unpaired) electrons. The minimum Gasteiger partial charge on any atom is -0.384 e. The molecule has 1 heterocycles. The summed E-state index contributed by atoms with van der Waals surface area (Å²) >= 11 is 6.25. The summed E-state index contributed by atoms with van der Waals surface area (Å²) in [6.45, 7) is 11.7. The summed E-state index contributed by atoms with van der Waals surface area (Å²) in [5, 5.41) is 5.44. The molecule has 0 saturated carbocycles. The van der Waals surface area contributed by atoms with Gasteiger partial charge in [0.2, 0.25) is 0 Å². The number of aromatic nitrogens is 1. The molecule has 2 rings (SSSR count). The second kappa shape index (κ2) is 5.61. The van der Waals surface area contributed by atoms with Crippen molar-refractivity contribution in [1.29, 1.82) is 0 Å². The molecular formula is C17H23ClN2. The van der Waals surface area contributed by atoms with Gasteiger partial charge in [-0.15, -0.1) is 0 Å². The van der Waals surface area contributed by atoms with E-state index in [1.807, 2.05) is 13.0 Å². The monoisotopic (exact) mass is 290 g/mol. The Labute approximate surface area is 126 Å². The topological polar surface area (TPSA) is 24.9 Å². The van der Waals surface area contributed by atoms with E-state index in [0.29, 0.717) is 0 Å². The van der Waals surface area contributed by atoms with Crippen molar-refractivity contribution in [3.05, 3.63) is 34.5 Å². The van der Waals surface area contributed by atoms with Crippen molar-refractivity contribution in [1.82, 2.24) is 4.98 Å². The predicted molar refractivity (Wildman–Crippen MR) is 89.0 cm³/mol. The highest BCUT2D eigenvalue weighted by Gasteiger charge is 2.19. The zero-order chi connectivity index (χ0) is 14.9. The zero-order valence-electron chi connectivity index (χ0n) is 13.0. The van der Waals surface area contributed by atoms with Crippen LogP contribution in [0, 0.1) is 6.92 Å². The van der Waals surface area contributed by atoms with E-state index in [9.17, 15) is 0 Å². The van der Waals surface area contributed by atoms with Gasteiger partial charge in [-0.2, -0.15) is 0 Å². The SMILES string of the molecule is CCCNc1cc(C(C)(C)C)nc2c(C)c(Cl)ccc12. The van der Waals surface area contributed by atoms with Crippen molar-refractivity contribution in [2.75, 3.05) is 11.9 Å². The molecule has 2 aromatic rings. The Morgan fingerprint density at radius 3 is 2.55 bits per heavy atom. The third kappa shape index (κ3) is 2.90. The predicted octanol–water partition coefficient (Wildman–Crippen LogP) is 5.32. The number of fused-ring (bicyclic) bond motifs is 1. The first kappa shape index (κ1) is 15.1. The maximum atomic E-state index is 6.25. The number of halogens is 1. The summed E-state index contributed by atoms with van der Waals surface area (Å²) in [5.41, 5.74) is 4.32. The molecule has 0 spiro atoms. The molecule has 0 saturated heterocycles. The summed E-state index contributed by atoms with van der Waals surface area (Å²) in [5.74, 6) is 0. The molecule has 0 aliphatic heterocycles. The van der Waals surface area contributed by atoms with Gasteiger partial charge in [0.1, 0.15) is 0 Å². The fourth-order valence-electron chi connectivity index (χ4n) is 2.19. The van der Waals surface area contributed by atoms with Gasteiger partial charge in [-0.25, -0.2) is 0 Å². The molecule has 20 heavy (non-hydrogen) atoms. The summed E-state index contributed by atoms with van der Waals surface area (Å²) in [4.78, 5) is 4.85. The van der Waals surface area contributed by atoms with E-state index in [4.69, 9.17) is 16.6 Å². The molecule has 1 aromatic heterocycles. The molecule has 108 valence electrons. The fourth-order valence-corrected chi connectivity index (χ4v) is 2.35. The van der Waals surface area contributed by atoms with Gasteiger partial charge in [0.15, 0.2) is 0 Å². The standard InChI is InChI=1S/C17H23ClN2/c1-6-9-19-14-10-15(17(3,4)5)20-16-11(2)13(18)8-7-12(14)16/h7-8,10H,6,9H2,1-5H3,(H,19,20). The van der Waals surface area contributed by atoms with Crippen LogP contribution >= 0.6 is 11.6 Å². The lowest BCUT2D eigenvalue weighted by Gasteiger charge is -2.21. The molecule has 0 fully saturated rings. The van der Waals surface area contributed by atoms with Crippen LogP contribution in [0.15, 0.2) is 18.2 Å². The zero-order valence-corrected chi connectivity index (χ0v) is 13.7. The van der Waals surface area contributed by atoms with E-state index >= 15 is 0 Å². The first-order valence-corrected chi connectivity index (χ1v) is 7.56. The number of hydrogen-bond acceptors (Lipinski definition) is 2. The van der Waals surface area contributed by atoms with Crippen LogP contribution in [0.3, 0.4) is 0 Å². The molecule has 0 amide bonds. The largest absolute Gasteiger partial charge is 0.384 e. The Kier molecular flexibility index (Phi) is 4.24. The van der Waals surface area contributed by atoms with Crippen LogP contribution in [0.4, 0.5) is 5.69 Å². The van der Waals surface area contributed by atoms with E-state index in [-0.39, 0.29) is 5.41 Å². The van der Waals surface area contributed by atoms with Crippen LogP contribution in [0.2, 0.25) is 5.02 Å². The number of benzene rings is 1. The lowest BCUT2D eigenvalue weighted by Crippen LogP contribution is -2.15. The highest BCUT2D eigenvalue weighted by atomic mass is 35.5. The maximum Gasteiger partial charge on any atom is 0.0770 e. The Balaban J connectivity index is 2.71. The number of aryl methyl sites for hydroxylation is 1. The van der Waals surface area contributed by atoms with Gasteiger partial charge < -0.3 is 5.32 Å². The summed E-state index contributed by atoms with van der Waals surface area (Å²) in [6, 6.07) is 6.18. The molecule has 0 unspecified atom stereocenters. The Morgan fingerprint density at radius 1 is 1.25 bits per heavy atom. The van der Waals surface area contributed by atoms with Gasteiger partial charge in [-0.05, 0) is 37.1 Å². The van der Waals surface area contributed by atoms with Gasteiger partial charge in [0.05, 0.1) is 5.52 Å². The minimum absolute atomic E-state index is 0.0194. The number of pyridine rings is 1. The average Bonchev–Trinajstić information content (AvgIpc) is 2.39. The van der Waals surface area contributed by atoms with Gasteiger partial charge in [-0.3, -0.25) is 4.98 Å². The van der Waals surface area contributed by atoms with Crippen LogP contribution in [0.25, 0.3) is 10.9 Å². The maximum absolute atomic E-state index is 6.25. The van der Waals surface area contributed by atoms with Gasteiger partial charge in [0, 0.05) is 33.7 Å². The number of nitrogens with one attached hydrogen (secondary N) is 1. The highest BCUT2D eigenvalue weighted by Crippen LogP contribution is 2.33. The molecular weight excluding hydrogens is 268 g/mol. The molecule has 0 aliphatic carbocycles. The van der Waals surface area contributed by atoms with Crippen LogP contribution < -0.4 is 5.32 Å². The number of nitrogens with zero attached hydrogens (tertiary/aromatic N) is 1. The molecule has 1 aromatic carbocycles. The van der Waals surface area contributed by atoms with Crippen molar-refractivity contribution in [2.24, 2.45) is 0 Å². The quantitative estimate of drug-likeness (QED) is 0.828. The lowest BCUT2D eigenvalue weighted by molar-refractivity contribution is 0.571. The molecule has 0 atom stereocenters. The molecule has 0 bridgehead atoms. The molecule has 0 aliphatic rings. The number of hydrogen-bond donors (Lipinski definition) is 1. The van der Waals surface area contributed by atoms with Crippen LogP contribution in [0.1, 0.15) is 45.4 Å². The summed E-state index contributed by atoms with van der Waals surface area (Å²) in [6.07, 6.45) is 1.10. The van der Waals surface area contributed by atoms with E-state index in [0.717, 1.165) is 45.8 Å². The second-order valence-corrected chi connectivity index (χ2v) is 6.71. The first-order chi connectivity index (χ1) is 9.34. The van der Waals surface area contributed by atoms with E-state index in [1.54, 1.807) is 0 Å². The molecule has 3 heteroatoms. The van der Waals surface area contributed by atoms with Gasteiger partial charge >= 0.3 is 0 Å². The minimum atomic E-state index is 0.0194. The van der Waals surface area contributed by atoms with Crippen molar-refractivity contribution in [3.63, 3.8) is 0 Å². The first-order valence-electron chi connectivity index (χ1n) is 7.18. The normalized spacial score (nSPS) is 11.9. The Bertz CT molecular complexity index is 627. The third-order valence-electron chi connectivity index (χ3n) is 3.50. The van der Waals surface area contributed by atoms with Crippen molar-refractivity contribution in [2.45, 2.75) is 46.5 Å². The third-order valence-corrected chi connectivity index (χ3v) is 3.91. The summed E-state index contributed by atoms with van der Waals surface area (Å²) in [7, 11) is 0. The Morgan fingerprint density at radius 2 is 1.95 bits per heavy atom. The Hall–Kier alpha value is -1.28. The number of anilines is 1. The second-order valence-electron chi connectivity index (χ2n) is 6.30. The van der Waals surface area contributed by atoms with Crippen molar-refractivity contribution < 1.29 is 0 Å². The molecule has 2 nitrogen and oxygen atoms in total. The lowest BCUT2D eigenvalue weighted by atomic mass is 9.90. The van der Waals surface area contributed by atoms with Crippen LogP contribution in [-0.4, -0.2) is 11.5 Å². The average molecular weight is 291 g/mol. The highest BCUT2D eigenvalue weighted by molar-refractivity contribution is 6.32. The smallest absolute Gasteiger partial charge is 0.0770 e. The van der Waals surface area contributed by atoms with E-state index in [2.05, 4.69) is 45.1 Å². The summed E-state index contributed by atoms with van der Waals surface area (Å²) < 4.78 is 0. The number of rotatable bonds is 3. The van der Waals surface area contributed by atoms with E-state index in [1.165, 1.54) is 0 Å².